The van der Waals surface area contributed by atoms with E-state index in [1.54, 1.807) is 36.4 Å². The van der Waals surface area contributed by atoms with Gasteiger partial charge in [0.05, 0.1) is 21.3 Å². The minimum Gasteiger partial charge on any atom is -0.497 e. The maximum atomic E-state index is 12.2. The van der Waals surface area contributed by atoms with Crippen molar-refractivity contribution in [2.45, 2.75) is 0 Å². The molecule has 0 aliphatic rings. The van der Waals surface area contributed by atoms with Crippen molar-refractivity contribution < 1.29 is 28.5 Å². The fraction of sp³-hybridized carbons (Fsp3) is 0.222. The van der Waals surface area contributed by atoms with E-state index in [1.165, 1.54) is 27.4 Å². The van der Waals surface area contributed by atoms with E-state index < -0.39 is 18.5 Å². The Morgan fingerprint density at radius 1 is 0.960 bits per heavy atom. The van der Waals surface area contributed by atoms with Crippen LogP contribution in [0.4, 0.5) is 5.69 Å². The molecule has 0 aromatic heterocycles. The maximum Gasteiger partial charge on any atom is 0.342 e. The molecule has 2 rings (SSSR count). The average Bonchev–Trinajstić information content (AvgIpc) is 2.65. The molecule has 0 bridgehead atoms. The predicted molar refractivity (Wildman–Crippen MR) is 91.5 cm³/mol. The first-order chi connectivity index (χ1) is 12.1. The Labute approximate surface area is 145 Å². The number of para-hydroxylation sites is 1. The fourth-order valence-electron chi connectivity index (χ4n) is 2.15. The second-order valence-electron chi connectivity index (χ2n) is 4.90. The minimum atomic E-state index is -0.684. The van der Waals surface area contributed by atoms with Crippen LogP contribution in [-0.4, -0.2) is 39.8 Å². The van der Waals surface area contributed by atoms with Gasteiger partial charge in [0.2, 0.25) is 0 Å². The molecule has 0 spiro atoms. The number of carbonyl (C=O) groups excluding carboxylic acids is 2. The van der Waals surface area contributed by atoms with E-state index in [-0.39, 0.29) is 11.3 Å². The van der Waals surface area contributed by atoms with Gasteiger partial charge in [-0.15, -0.1) is 0 Å². The van der Waals surface area contributed by atoms with Crippen molar-refractivity contribution in [2.75, 3.05) is 33.3 Å². The quantitative estimate of drug-likeness (QED) is 0.777. The van der Waals surface area contributed by atoms with Crippen molar-refractivity contribution in [3.8, 4) is 17.2 Å². The van der Waals surface area contributed by atoms with Crippen LogP contribution in [0.25, 0.3) is 0 Å². The van der Waals surface area contributed by atoms with Gasteiger partial charge in [-0.3, -0.25) is 4.79 Å². The van der Waals surface area contributed by atoms with Gasteiger partial charge in [-0.1, -0.05) is 12.1 Å². The molecule has 0 aliphatic heterocycles. The van der Waals surface area contributed by atoms with Crippen LogP contribution < -0.4 is 19.5 Å². The van der Waals surface area contributed by atoms with Gasteiger partial charge in [-0.2, -0.15) is 0 Å². The van der Waals surface area contributed by atoms with Crippen molar-refractivity contribution in [3.63, 3.8) is 0 Å². The molecular weight excluding hydrogens is 326 g/mol. The van der Waals surface area contributed by atoms with E-state index in [1.807, 2.05) is 0 Å². The topological polar surface area (TPSA) is 83.1 Å². The monoisotopic (exact) mass is 345 g/mol. The number of rotatable bonds is 7. The van der Waals surface area contributed by atoms with Crippen LogP contribution >= 0.6 is 0 Å². The molecule has 0 atom stereocenters. The molecule has 1 amide bonds. The van der Waals surface area contributed by atoms with Crippen LogP contribution in [0.15, 0.2) is 42.5 Å². The average molecular weight is 345 g/mol. The Morgan fingerprint density at radius 3 is 2.40 bits per heavy atom. The van der Waals surface area contributed by atoms with Gasteiger partial charge < -0.3 is 24.3 Å². The van der Waals surface area contributed by atoms with Crippen LogP contribution in [-0.2, 0) is 9.53 Å². The highest BCUT2D eigenvalue weighted by Crippen LogP contribution is 2.31. The zero-order valence-electron chi connectivity index (χ0n) is 14.2. The molecule has 0 saturated carbocycles. The molecule has 0 saturated heterocycles. The van der Waals surface area contributed by atoms with Crippen molar-refractivity contribution >= 4 is 17.6 Å². The molecule has 0 fully saturated rings. The molecule has 0 unspecified atom stereocenters. The third-order valence-electron chi connectivity index (χ3n) is 3.31. The first-order valence-corrected chi connectivity index (χ1v) is 7.41. The van der Waals surface area contributed by atoms with Crippen molar-refractivity contribution in [3.05, 3.63) is 48.0 Å². The van der Waals surface area contributed by atoms with Crippen LogP contribution in [0.5, 0.6) is 17.2 Å². The molecule has 0 heterocycles. The maximum absolute atomic E-state index is 12.2. The summed E-state index contributed by atoms with van der Waals surface area (Å²) in [5, 5.41) is 2.62. The van der Waals surface area contributed by atoms with Crippen molar-refractivity contribution in [1.82, 2.24) is 0 Å². The molecule has 0 aliphatic carbocycles. The number of nitrogens with one attached hydrogen (secondary N) is 1. The van der Waals surface area contributed by atoms with Crippen LogP contribution in [0, 0.1) is 0 Å². The van der Waals surface area contributed by atoms with E-state index in [0.717, 1.165) is 0 Å². The molecule has 132 valence electrons. The zero-order chi connectivity index (χ0) is 18.2. The van der Waals surface area contributed by atoms with Crippen LogP contribution in [0.2, 0.25) is 0 Å². The molecule has 25 heavy (non-hydrogen) atoms. The summed E-state index contributed by atoms with van der Waals surface area (Å²) in [6.07, 6.45) is 0. The number of methoxy groups -OCH3 is 3. The van der Waals surface area contributed by atoms with E-state index in [4.69, 9.17) is 18.9 Å². The third-order valence-corrected chi connectivity index (χ3v) is 3.31. The lowest BCUT2D eigenvalue weighted by Gasteiger charge is -2.12. The molecule has 7 heteroatoms. The van der Waals surface area contributed by atoms with E-state index in [0.29, 0.717) is 17.2 Å². The normalized spacial score (nSPS) is 9.88. The van der Waals surface area contributed by atoms with Crippen LogP contribution in [0.3, 0.4) is 0 Å². The lowest BCUT2D eigenvalue weighted by molar-refractivity contribution is -0.119. The van der Waals surface area contributed by atoms with Gasteiger partial charge in [0.25, 0.3) is 5.91 Å². The second-order valence-corrected chi connectivity index (χ2v) is 4.90. The van der Waals surface area contributed by atoms with Gasteiger partial charge >= 0.3 is 5.97 Å². The summed E-state index contributed by atoms with van der Waals surface area (Å²) in [7, 11) is 4.42. The second kappa shape index (κ2) is 8.58. The van der Waals surface area contributed by atoms with Crippen LogP contribution in [0.1, 0.15) is 10.4 Å². The standard InChI is InChI=1S/C18H19NO6/c1-22-13-7-4-6-12(10-13)19-16(20)11-25-18(21)14-8-5-9-15(23-2)17(14)24-3/h4-10H,11H2,1-3H3,(H,19,20). The first kappa shape index (κ1) is 18.1. The highest BCUT2D eigenvalue weighted by Gasteiger charge is 2.18. The first-order valence-electron chi connectivity index (χ1n) is 7.41. The van der Waals surface area contributed by atoms with Gasteiger partial charge in [0.1, 0.15) is 11.3 Å². The van der Waals surface area contributed by atoms with Crippen molar-refractivity contribution in [2.24, 2.45) is 0 Å². The SMILES string of the molecule is COc1cccc(NC(=O)COC(=O)c2cccc(OC)c2OC)c1. The van der Waals surface area contributed by atoms with Gasteiger partial charge in [-0.25, -0.2) is 4.79 Å². The summed E-state index contributed by atoms with van der Waals surface area (Å²) in [4.78, 5) is 24.1. The molecule has 1 N–H and O–H groups in total. The highest BCUT2D eigenvalue weighted by atomic mass is 16.5. The van der Waals surface area contributed by atoms with Gasteiger partial charge in [-0.05, 0) is 24.3 Å². The Bertz CT molecular complexity index is 759. The number of ether oxygens (including phenoxy) is 4. The Hall–Kier alpha value is -3.22. The summed E-state index contributed by atoms with van der Waals surface area (Å²) in [5.74, 6) is 0.108. The van der Waals surface area contributed by atoms with E-state index in [9.17, 15) is 9.59 Å². The lowest BCUT2D eigenvalue weighted by Crippen LogP contribution is -2.21. The van der Waals surface area contributed by atoms with Crippen molar-refractivity contribution in [1.29, 1.82) is 0 Å². The number of anilines is 1. The van der Waals surface area contributed by atoms with E-state index in [2.05, 4.69) is 5.32 Å². The molecule has 2 aromatic rings. The van der Waals surface area contributed by atoms with Gasteiger partial charge in [0.15, 0.2) is 18.1 Å². The number of hydrogen-bond donors (Lipinski definition) is 1. The fourth-order valence-corrected chi connectivity index (χ4v) is 2.15. The lowest BCUT2D eigenvalue weighted by atomic mass is 10.2. The number of amides is 1. The highest BCUT2D eigenvalue weighted by molar-refractivity contribution is 5.97. The molecule has 0 radical (unpaired) electrons. The third kappa shape index (κ3) is 4.63. The van der Waals surface area contributed by atoms with Gasteiger partial charge in [0, 0.05) is 11.8 Å². The number of hydrogen-bond acceptors (Lipinski definition) is 6. The number of esters is 1. The summed E-state index contributed by atoms with van der Waals surface area (Å²) in [6, 6.07) is 11.7. The Morgan fingerprint density at radius 2 is 1.72 bits per heavy atom. The molecule has 2 aromatic carbocycles. The van der Waals surface area contributed by atoms with E-state index >= 15 is 0 Å². The summed E-state index contributed by atoms with van der Waals surface area (Å²) in [5.41, 5.74) is 0.718. The molecular formula is C18H19NO6. The summed E-state index contributed by atoms with van der Waals surface area (Å²) in [6.45, 7) is -0.434. The zero-order valence-corrected chi connectivity index (χ0v) is 14.2. The summed E-state index contributed by atoms with van der Waals surface area (Å²) >= 11 is 0. The number of benzene rings is 2. The Kier molecular flexibility index (Phi) is 6.22. The summed E-state index contributed by atoms with van der Waals surface area (Å²) < 4.78 is 20.4. The Balaban J connectivity index is 1.99. The predicted octanol–water partition coefficient (Wildman–Crippen LogP) is 2.51. The number of carbonyl (C=O) groups is 2. The largest absolute Gasteiger partial charge is 0.497 e. The minimum absolute atomic E-state index is 0.177. The smallest absolute Gasteiger partial charge is 0.342 e. The molecule has 7 nitrogen and oxygen atoms in total.